The van der Waals surface area contributed by atoms with Gasteiger partial charge in [0.15, 0.2) is 11.5 Å². The van der Waals surface area contributed by atoms with Gasteiger partial charge >= 0.3 is 0 Å². The first-order valence-electron chi connectivity index (χ1n) is 8.68. The number of carbonyl (C=O) groups excluding carboxylic acids is 1. The molecule has 1 aliphatic heterocycles. The molecule has 0 radical (unpaired) electrons. The van der Waals surface area contributed by atoms with Crippen LogP contribution in [-0.2, 0) is 9.53 Å². The summed E-state index contributed by atoms with van der Waals surface area (Å²) in [4.78, 5) is 14.6. The van der Waals surface area contributed by atoms with Crippen LogP contribution in [0, 0.1) is 0 Å². The second-order valence-corrected chi connectivity index (χ2v) is 6.66. The highest BCUT2D eigenvalue weighted by Crippen LogP contribution is 2.36. The monoisotopic (exact) mass is 382 g/mol. The van der Waals surface area contributed by atoms with Crippen molar-refractivity contribution in [3.8, 4) is 11.5 Å². The third-order valence-corrected chi connectivity index (χ3v) is 4.88. The molecule has 26 heavy (non-hydrogen) atoms. The average Bonchev–Trinajstić information content (AvgIpc) is 2.65. The first-order chi connectivity index (χ1) is 12.5. The number of carbonyl (C=O) groups is 1. The zero-order valence-corrected chi connectivity index (χ0v) is 16.5. The summed E-state index contributed by atoms with van der Waals surface area (Å²) in [6.45, 7) is 7.39. The zero-order chi connectivity index (χ0) is 19.1. The van der Waals surface area contributed by atoms with E-state index in [2.05, 4.69) is 17.1 Å². The summed E-state index contributed by atoms with van der Waals surface area (Å²) in [6, 6.07) is 3.77. The molecule has 1 aromatic rings. The van der Waals surface area contributed by atoms with Gasteiger partial charge in [-0.2, -0.15) is 0 Å². The van der Waals surface area contributed by atoms with E-state index in [-0.39, 0.29) is 18.0 Å². The molecule has 144 valence electrons. The molecule has 1 saturated heterocycles. The Morgan fingerprint density at radius 3 is 2.58 bits per heavy atom. The van der Waals surface area contributed by atoms with E-state index in [0.29, 0.717) is 16.5 Å². The molecular formula is C19H27ClN2O4. The van der Waals surface area contributed by atoms with Crippen molar-refractivity contribution in [3.05, 3.63) is 28.8 Å². The Hall–Kier alpha value is -1.76. The molecule has 6 nitrogen and oxygen atoms in total. The van der Waals surface area contributed by atoms with Crippen LogP contribution >= 0.6 is 11.6 Å². The summed E-state index contributed by atoms with van der Waals surface area (Å²) in [6.07, 6.45) is 3.20. The summed E-state index contributed by atoms with van der Waals surface area (Å²) in [7, 11) is 3.08. The van der Waals surface area contributed by atoms with Crippen LogP contribution in [0.4, 0.5) is 0 Å². The van der Waals surface area contributed by atoms with Crippen molar-refractivity contribution in [1.82, 2.24) is 10.2 Å². The van der Waals surface area contributed by atoms with E-state index in [1.54, 1.807) is 25.3 Å². The minimum atomic E-state index is -0.150. The van der Waals surface area contributed by atoms with Crippen molar-refractivity contribution in [1.29, 1.82) is 0 Å². The Balaban J connectivity index is 1.97. The third-order valence-electron chi connectivity index (χ3n) is 4.60. The fraction of sp³-hybridized carbons (Fsp3) is 0.526. The first-order valence-corrected chi connectivity index (χ1v) is 9.06. The maximum absolute atomic E-state index is 12.2. The van der Waals surface area contributed by atoms with Crippen LogP contribution < -0.4 is 14.8 Å². The number of methoxy groups -OCH3 is 2. The Labute approximate surface area is 160 Å². The molecule has 0 bridgehead atoms. The molecule has 1 heterocycles. The molecule has 0 aliphatic carbocycles. The second kappa shape index (κ2) is 9.80. The maximum Gasteiger partial charge on any atom is 0.244 e. The fourth-order valence-corrected chi connectivity index (χ4v) is 3.20. The molecule has 1 fully saturated rings. The van der Waals surface area contributed by atoms with Gasteiger partial charge in [0.05, 0.1) is 32.5 Å². The van der Waals surface area contributed by atoms with Crippen molar-refractivity contribution in [3.63, 3.8) is 0 Å². The number of benzene rings is 1. The molecule has 2 atom stereocenters. The van der Waals surface area contributed by atoms with Gasteiger partial charge in [-0.15, -0.1) is 0 Å². The van der Waals surface area contributed by atoms with Crippen LogP contribution in [0.5, 0.6) is 11.5 Å². The molecular weight excluding hydrogens is 356 g/mol. The van der Waals surface area contributed by atoms with Gasteiger partial charge in [-0.3, -0.25) is 9.69 Å². The molecule has 7 heteroatoms. The van der Waals surface area contributed by atoms with E-state index in [1.807, 2.05) is 6.92 Å². The van der Waals surface area contributed by atoms with E-state index in [4.69, 9.17) is 25.8 Å². The number of morpholine rings is 1. The molecule has 1 amide bonds. The van der Waals surface area contributed by atoms with Crippen molar-refractivity contribution in [2.75, 3.05) is 40.5 Å². The quantitative estimate of drug-likeness (QED) is 0.734. The zero-order valence-electron chi connectivity index (χ0n) is 15.8. The maximum atomic E-state index is 12.2. The number of ether oxygens (including phenoxy) is 3. The van der Waals surface area contributed by atoms with Crippen molar-refractivity contribution >= 4 is 23.6 Å². The number of halogens is 1. The normalized spacial score (nSPS) is 17.7. The first kappa shape index (κ1) is 20.6. The molecule has 1 aliphatic rings. The van der Waals surface area contributed by atoms with Crippen molar-refractivity contribution < 1.29 is 19.0 Å². The highest BCUT2D eigenvalue weighted by Gasteiger charge is 2.22. The predicted molar refractivity (Wildman–Crippen MR) is 103 cm³/mol. The van der Waals surface area contributed by atoms with E-state index >= 15 is 0 Å². The lowest BCUT2D eigenvalue weighted by Gasteiger charge is -2.35. The van der Waals surface area contributed by atoms with Crippen LogP contribution in [0.25, 0.3) is 6.08 Å². The molecule has 1 N–H and O–H groups in total. The molecule has 2 unspecified atom stereocenters. The Morgan fingerprint density at radius 2 is 1.96 bits per heavy atom. The van der Waals surface area contributed by atoms with Crippen LogP contribution in [0.2, 0.25) is 5.02 Å². The summed E-state index contributed by atoms with van der Waals surface area (Å²) in [5, 5.41) is 3.45. The van der Waals surface area contributed by atoms with Gasteiger partial charge < -0.3 is 19.5 Å². The van der Waals surface area contributed by atoms with E-state index in [1.165, 1.54) is 13.2 Å². The van der Waals surface area contributed by atoms with Gasteiger partial charge in [0.1, 0.15) is 0 Å². The van der Waals surface area contributed by atoms with Crippen molar-refractivity contribution in [2.24, 2.45) is 0 Å². The van der Waals surface area contributed by atoms with Crippen LogP contribution in [0.1, 0.15) is 19.4 Å². The topological polar surface area (TPSA) is 60.0 Å². The highest BCUT2D eigenvalue weighted by molar-refractivity contribution is 6.32. The fourth-order valence-electron chi connectivity index (χ4n) is 2.90. The highest BCUT2D eigenvalue weighted by atomic mass is 35.5. The summed E-state index contributed by atoms with van der Waals surface area (Å²) < 4.78 is 15.9. The summed E-state index contributed by atoms with van der Waals surface area (Å²) in [5.74, 6) is 0.849. The van der Waals surface area contributed by atoms with E-state index in [9.17, 15) is 4.79 Å². The minimum absolute atomic E-state index is 0.0271. The second-order valence-electron chi connectivity index (χ2n) is 6.26. The van der Waals surface area contributed by atoms with E-state index in [0.717, 1.165) is 31.9 Å². The van der Waals surface area contributed by atoms with Gasteiger partial charge in [-0.25, -0.2) is 0 Å². The van der Waals surface area contributed by atoms with Crippen LogP contribution in [0.3, 0.4) is 0 Å². The van der Waals surface area contributed by atoms with E-state index < -0.39 is 0 Å². The van der Waals surface area contributed by atoms with Crippen LogP contribution in [-0.4, -0.2) is 63.4 Å². The molecule has 2 rings (SSSR count). The van der Waals surface area contributed by atoms with Gasteiger partial charge in [0.2, 0.25) is 5.91 Å². The Morgan fingerprint density at radius 1 is 1.27 bits per heavy atom. The number of nitrogens with one attached hydrogen (secondary N) is 1. The van der Waals surface area contributed by atoms with Gasteiger partial charge in [-0.05, 0) is 37.6 Å². The largest absolute Gasteiger partial charge is 0.493 e. The number of rotatable bonds is 7. The lowest BCUT2D eigenvalue weighted by molar-refractivity contribution is -0.117. The van der Waals surface area contributed by atoms with Crippen LogP contribution in [0.15, 0.2) is 18.2 Å². The third kappa shape index (κ3) is 5.37. The molecule has 1 aromatic carbocycles. The molecule has 0 spiro atoms. The SMILES string of the molecule is COc1cc(/C=C/C(=O)NC(C)C(C)N2CCOCC2)cc(Cl)c1OC. The summed E-state index contributed by atoms with van der Waals surface area (Å²) >= 11 is 6.19. The number of amides is 1. The number of nitrogens with zero attached hydrogens (tertiary/aromatic N) is 1. The number of hydrogen-bond acceptors (Lipinski definition) is 5. The smallest absolute Gasteiger partial charge is 0.244 e. The van der Waals surface area contributed by atoms with Crippen molar-refractivity contribution in [2.45, 2.75) is 25.9 Å². The lowest BCUT2D eigenvalue weighted by atomic mass is 10.1. The average molecular weight is 383 g/mol. The molecule has 0 aromatic heterocycles. The lowest BCUT2D eigenvalue weighted by Crippen LogP contribution is -2.51. The Kier molecular flexibility index (Phi) is 7.75. The Bertz CT molecular complexity index is 645. The predicted octanol–water partition coefficient (Wildman–Crippen LogP) is 2.60. The van der Waals surface area contributed by atoms with Gasteiger partial charge in [0, 0.05) is 31.2 Å². The minimum Gasteiger partial charge on any atom is -0.493 e. The number of hydrogen-bond donors (Lipinski definition) is 1. The summed E-state index contributed by atoms with van der Waals surface area (Å²) in [5.41, 5.74) is 0.761. The van der Waals surface area contributed by atoms with Gasteiger partial charge in [-0.1, -0.05) is 11.6 Å². The van der Waals surface area contributed by atoms with Gasteiger partial charge in [0.25, 0.3) is 0 Å². The standard InChI is InChI=1S/C19H27ClN2O4/c1-13(14(2)22-7-9-26-10-8-22)21-18(23)6-5-15-11-16(20)19(25-4)17(12-15)24-3/h5-6,11-14H,7-10H2,1-4H3,(H,21,23)/b6-5+. The molecule has 0 saturated carbocycles.